The summed E-state index contributed by atoms with van der Waals surface area (Å²) in [5, 5.41) is 4.60. The Bertz CT molecular complexity index is 284. The lowest BCUT2D eigenvalue weighted by Gasteiger charge is -2.02. The molecule has 14 heavy (non-hydrogen) atoms. The second-order valence-corrected chi connectivity index (χ2v) is 5.49. The second-order valence-electron chi connectivity index (χ2n) is 3.55. The Kier molecular flexibility index (Phi) is 4.92. The van der Waals surface area contributed by atoms with E-state index in [9.17, 15) is 0 Å². The predicted octanol–water partition coefficient (Wildman–Crippen LogP) is 3.39. The zero-order valence-corrected chi connectivity index (χ0v) is 11.0. The van der Waals surface area contributed by atoms with Gasteiger partial charge in [0.05, 0.1) is 4.47 Å². The van der Waals surface area contributed by atoms with E-state index in [1.165, 1.54) is 14.4 Å². The van der Waals surface area contributed by atoms with Gasteiger partial charge in [0.25, 0.3) is 0 Å². The SMILES string of the molecule is CC(C)c1cc(Br)c(NCCCN)s1. The van der Waals surface area contributed by atoms with Crippen LogP contribution < -0.4 is 11.1 Å². The van der Waals surface area contributed by atoms with Crippen molar-refractivity contribution >= 4 is 32.3 Å². The topological polar surface area (TPSA) is 38.0 Å². The molecule has 0 bridgehead atoms. The minimum Gasteiger partial charge on any atom is -0.376 e. The van der Waals surface area contributed by atoms with Gasteiger partial charge in [0.15, 0.2) is 0 Å². The molecule has 1 aromatic heterocycles. The van der Waals surface area contributed by atoms with Crippen molar-refractivity contribution in [3.8, 4) is 0 Å². The van der Waals surface area contributed by atoms with Gasteiger partial charge < -0.3 is 11.1 Å². The van der Waals surface area contributed by atoms with Gasteiger partial charge in [-0.25, -0.2) is 0 Å². The fraction of sp³-hybridized carbons (Fsp3) is 0.600. The van der Waals surface area contributed by atoms with Gasteiger partial charge in [0, 0.05) is 11.4 Å². The smallest absolute Gasteiger partial charge is 0.103 e. The number of nitrogens with two attached hydrogens (primary N) is 1. The van der Waals surface area contributed by atoms with Crippen LogP contribution >= 0.6 is 27.3 Å². The number of rotatable bonds is 5. The lowest BCUT2D eigenvalue weighted by Crippen LogP contribution is -2.07. The van der Waals surface area contributed by atoms with Crippen LogP contribution in [-0.4, -0.2) is 13.1 Å². The summed E-state index contributed by atoms with van der Waals surface area (Å²) in [4.78, 5) is 1.41. The fourth-order valence-electron chi connectivity index (χ4n) is 1.10. The van der Waals surface area contributed by atoms with Crippen molar-refractivity contribution < 1.29 is 0 Å². The molecule has 0 amide bonds. The first-order valence-corrected chi connectivity index (χ1v) is 6.49. The molecule has 2 nitrogen and oxygen atoms in total. The lowest BCUT2D eigenvalue weighted by molar-refractivity contribution is 0.876. The third-order valence-electron chi connectivity index (χ3n) is 1.94. The highest BCUT2D eigenvalue weighted by molar-refractivity contribution is 9.10. The van der Waals surface area contributed by atoms with Crippen molar-refractivity contribution in [2.24, 2.45) is 5.73 Å². The summed E-state index contributed by atoms with van der Waals surface area (Å²) in [5.74, 6) is 0.598. The van der Waals surface area contributed by atoms with Crippen LogP contribution in [-0.2, 0) is 0 Å². The Morgan fingerprint density at radius 3 is 2.79 bits per heavy atom. The number of nitrogens with one attached hydrogen (secondary N) is 1. The van der Waals surface area contributed by atoms with Gasteiger partial charge >= 0.3 is 0 Å². The average molecular weight is 277 g/mol. The molecule has 1 heterocycles. The summed E-state index contributed by atoms with van der Waals surface area (Å²) < 4.78 is 1.17. The van der Waals surface area contributed by atoms with Crippen molar-refractivity contribution in [1.29, 1.82) is 0 Å². The van der Waals surface area contributed by atoms with Gasteiger partial charge in [0.1, 0.15) is 5.00 Å². The predicted molar refractivity (Wildman–Crippen MR) is 68.3 cm³/mol. The first kappa shape index (κ1) is 12.0. The van der Waals surface area contributed by atoms with Crippen LogP contribution in [0.2, 0.25) is 0 Å². The molecule has 0 aliphatic heterocycles. The molecule has 0 radical (unpaired) electrons. The number of hydrogen-bond donors (Lipinski definition) is 2. The van der Waals surface area contributed by atoms with Crippen LogP contribution in [0.25, 0.3) is 0 Å². The summed E-state index contributed by atoms with van der Waals surface area (Å²) in [6.45, 7) is 6.12. The highest BCUT2D eigenvalue weighted by Crippen LogP contribution is 2.36. The molecule has 1 rings (SSSR count). The maximum absolute atomic E-state index is 5.44. The van der Waals surface area contributed by atoms with Crippen LogP contribution in [0.4, 0.5) is 5.00 Å². The van der Waals surface area contributed by atoms with Crippen molar-refractivity contribution in [1.82, 2.24) is 0 Å². The van der Waals surface area contributed by atoms with E-state index < -0.39 is 0 Å². The first-order chi connectivity index (χ1) is 6.65. The van der Waals surface area contributed by atoms with Crippen molar-refractivity contribution in [2.45, 2.75) is 26.2 Å². The van der Waals surface area contributed by atoms with E-state index in [0.717, 1.165) is 19.5 Å². The highest BCUT2D eigenvalue weighted by Gasteiger charge is 2.08. The van der Waals surface area contributed by atoms with E-state index in [1.807, 2.05) is 11.3 Å². The summed E-state index contributed by atoms with van der Waals surface area (Å²) >= 11 is 5.37. The third kappa shape index (κ3) is 3.26. The Hall–Kier alpha value is -0.0600. The van der Waals surface area contributed by atoms with E-state index >= 15 is 0 Å². The molecular formula is C10H17BrN2S. The van der Waals surface area contributed by atoms with Gasteiger partial charge in [-0.05, 0) is 40.9 Å². The molecule has 0 fully saturated rings. The van der Waals surface area contributed by atoms with Crippen molar-refractivity contribution in [2.75, 3.05) is 18.4 Å². The van der Waals surface area contributed by atoms with E-state index in [0.29, 0.717) is 5.92 Å². The maximum atomic E-state index is 5.44. The van der Waals surface area contributed by atoms with Crippen LogP contribution in [0.5, 0.6) is 0 Å². The molecular weight excluding hydrogens is 260 g/mol. The minimum absolute atomic E-state index is 0.598. The van der Waals surface area contributed by atoms with Gasteiger partial charge in [-0.15, -0.1) is 11.3 Å². The number of halogens is 1. The number of hydrogen-bond acceptors (Lipinski definition) is 3. The lowest BCUT2D eigenvalue weighted by atomic mass is 10.2. The van der Waals surface area contributed by atoms with Gasteiger partial charge in [-0.2, -0.15) is 0 Å². The zero-order chi connectivity index (χ0) is 10.6. The highest BCUT2D eigenvalue weighted by atomic mass is 79.9. The van der Waals surface area contributed by atoms with Crippen LogP contribution in [0.15, 0.2) is 10.5 Å². The third-order valence-corrected chi connectivity index (χ3v) is 4.22. The molecule has 0 saturated carbocycles. The standard InChI is InChI=1S/C10H17BrN2S/c1-7(2)9-6-8(11)10(14-9)13-5-3-4-12/h6-7,13H,3-5,12H2,1-2H3. The Balaban J connectivity index is 2.58. The molecule has 0 saturated heterocycles. The molecule has 0 aliphatic carbocycles. The summed E-state index contributed by atoms with van der Waals surface area (Å²) in [6.07, 6.45) is 1.02. The van der Waals surface area contributed by atoms with Crippen LogP contribution in [0, 0.1) is 0 Å². The van der Waals surface area contributed by atoms with Gasteiger partial charge in [-0.3, -0.25) is 0 Å². The molecule has 0 aromatic carbocycles. The zero-order valence-electron chi connectivity index (χ0n) is 8.64. The largest absolute Gasteiger partial charge is 0.376 e. The molecule has 3 N–H and O–H groups in total. The molecule has 4 heteroatoms. The minimum atomic E-state index is 0.598. The monoisotopic (exact) mass is 276 g/mol. The van der Waals surface area contributed by atoms with E-state index in [-0.39, 0.29) is 0 Å². The maximum Gasteiger partial charge on any atom is 0.103 e. The van der Waals surface area contributed by atoms with E-state index in [2.05, 4.69) is 41.2 Å². The van der Waals surface area contributed by atoms with Gasteiger partial charge in [-0.1, -0.05) is 13.8 Å². The Labute approximate surface area is 98.0 Å². The molecule has 1 aromatic rings. The average Bonchev–Trinajstić information content (AvgIpc) is 2.49. The Morgan fingerprint density at radius 1 is 1.57 bits per heavy atom. The van der Waals surface area contributed by atoms with Crippen molar-refractivity contribution in [3.63, 3.8) is 0 Å². The van der Waals surface area contributed by atoms with Crippen molar-refractivity contribution in [3.05, 3.63) is 15.4 Å². The molecule has 0 aliphatic rings. The molecule has 0 atom stereocenters. The summed E-state index contributed by atoms with van der Waals surface area (Å²) in [6, 6.07) is 2.19. The summed E-state index contributed by atoms with van der Waals surface area (Å²) in [7, 11) is 0. The van der Waals surface area contributed by atoms with Crippen LogP contribution in [0.1, 0.15) is 31.1 Å². The molecule has 0 unspecified atom stereocenters. The number of anilines is 1. The fourth-order valence-corrected chi connectivity index (χ4v) is 2.86. The van der Waals surface area contributed by atoms with E-state index in [1.54, 1.807) is 0 Å². The molecule has 80 valence electrons. The molecule has 0 spiro atoms. The summed E-state index contributed by atoms with van der Waals surface area (Å²) in [5.41, 5.74) is 5.44. The Morgan fingerprint density at radius 2 is 2.29 bits per heavy atom. The van der Waals surface area contributed by atoms with Crippen LogP contribution in [0.3, 0.4) is 0 Å². The quantitative estimate of drug-likeness (QED) is 0.809. The normalized spacial score (nSPS) is 10.9. The number of thiophene rings is 1. The van der Waals surface area contributed by atoms with Gasteiger partial charge in [0.2, 0.25) is 0 Å². The first-order valence-electron chi connectivity index (χ1n) is 4.88. The second kappa shape index (κ2) is 5.73. The van der Waals surface area contributed by atoms with E-state index in [4.69, 9.17) is 5.73 Å².